The standard InChI is InChI=1S/C21H23N5O2S/c1-25(2)18-19(23-11-10-22-18)28-16-9-6-12-26(13-16)21(27)17-14-29-20(24-17)15-7-4-3-5-8-15/h3-5,7-8,10-11,14,16H,6,9,12-13H2,1-2H3. The maximum atomic E-state index is 13.0. The molecule has 0 spiro atoms. The summed E-state index contributed by atoms with van der Waals surface area (Å²) >= 11 is 1.49. The molecule has 1 atom stereocenters. The molecule has 1 aliphatic heterocycles. The molecule has 29 heavy (non-hydrogen) atoms. The van der Waals surface area contributed by atoms with E-state index in [4.69, 9.17) is 4.74 Å². The summed E-state index contributed by atoms with van der Waals surface area (Å²) in [6, 6.07) is 9.91. The SMILES string of the molecule is CN(C)c1nccnc1OC1CCCN(C(=O)c2csc(-c3ccccc3)n2)C1. The van der Waals surface area contributed by atoms with E-state index in [0.717, 1.165) is 23.4 Å². The van der Waals surface area contributed by atoms with Crippen LogP contribution >= 0.6 is 11.3 Å². The zero-order valence-electron chi connectivity index (χ0n) is 16.5. The molecule has 3 aromatic rings. The third-order valence-electron chi connectivity index (χ3n) is 4.76. The van der Waals surface area contributed by atoms with E-state index in [0.29, 0.717) is 30.5 Å². The first-order chi connectivity index (χ1) is 14.1. The quantitative estimate of drug-likeness (QED) is 0.644. The molecular formula is C21H23N5O2S. The van der Waals surface area contributed by atoms with Crippen LogP contribution in [-0.4, -0.2) is 59.0 Å². The van der Waals surface area contributed by atoms with E-state index in [-0.39, 0.29) is 12.0 Å². The molecule has 0 radical (unpaired) electrons. The van der Waals surface area contributed by atoms with Crippen LogP contribution in [0.3, 0.4) is 0 Å². The van der Waals surface area contributed by atoms with Gasteiger partial charge in [-0.1, -0.05) is 30.3 Å². The van der Waals surface area contributed by atoms with Crippen LogP contribution in [0, 0.1) is 0 Å². The molecule has 0 saturated carbocycles. The lowest BCUT2D eigenvalue weighted by Crippen LogP contribution is -2.44. The van der Waals surface area contributed by atoms with Gasteiger partial charge in [0.25, 0.3) is 11.8 Å². The monoisotopic (exact) mass is 409 g/mol. The van der Waals surface area contributed by atoms with Crippen LogP contribution < -0.4 is 9.64 Å². The Morgan fingerprint density at radius 1 is 1.21 bits per heavy atom. The Morgan fingerprint density at radius 3 is 2.79 bits per heavy atom. The van der Waals surface area contributed by atoms with E-state index in [2.05, 4.69) is 15.0 Å². The first-order valence-electron chi connectivity index (χ1n) is 9.57. The topological polar surface area (TPSA) is 71.5 Å². The molecular weight excluding hydrogens is 386 g/mol. The van der Waals surface area contributed by atoms with E-state index in [1.165, 1.54) is 11.3 Å². The molecule has 1 aliphatic rings. The number of amides is 1. The average molecular weight is 410 g/mol. The fraction of sp³-hybridized carbons (Fsp3) is 0.333. The van der Waals surface area contributed by atoms with Crippen LogP contribution in [0.1, 0.15) is 23.3 Å². The Morgan fingerprint density at radius 2 is 2.00 bits per heavy atom. The lowest BCUT2D eigenvalue weighted by Gasteiger charge is -2.32. The van der Waals surface area contributed by atoms with Crippen LogP contribution in [0.25, 0.3) is 10.6 Å². The predicted octanol–water partition coefficient (Wildman–Crippen LogP) is 3.35. The Balaban J connectivity index is 1.45. The van der Waals surface area contributed by atoms with Crippen molar-refractivity contribution >= 4 is 23.1 Å². The second kappa shape index (κ2) is 8.57. The van der Waals surface area contributed by atoms with Crippen LogP contribution in [0.5, 0.6) is 5.88 Å². The molecule has 1 fully saturated rings. The average Bonchev–Trinajstić information content (AvgIpc) is 3.24. The Hall–Kier alpha value is -3.00. The summed E-state index contributed by atoms with van der Waals surface area (Å²) in [5.74, 6) is 1.13. The van der Waals surface area contributed by atoms with Gasteiger partial charge in [-0.25, -0.2) is 15.0 Å². The van der Waals surface area contributed by atoms with Crippen molar-refractivity contribution in [1.29, 1.82) is 0 Å². The van der Waals surface area contributed by atoms with Gasteiger partial charge in [0.2, 0.25) is 0 Å². The summed E-state index contributed by atoms with van der Waals surface area (Å²) in [5.41, 5.74) is 1.51. The van der Waals surface area contributed by atoms with Gasteiger partial charge in [0, 0.05) is 44.0 Å². The number of anilines is 1. The Bertz CT molecular complexity index is 976. The van der Waals surface area contributed by atoms with Crippen LogP contribution in [0.2, 0.25) is 0 Å². The highest BCUT2D eigenvalue weighted by atomic mass is 32.1. The maximum absolute atomic E-state index is 13.0. The van der Waals surface area contributed by atoms with Crippen molar-refractivity contribution in [3.8, 4) is 16.5 Å². The lowest BCUT2D eigenvalue weighted by atomic mass is 10.1. The summed E-state index contributed by atoms with van der Waals surface area (Å²) < 4.78 is 6.11. The van der Waals surface area contributed by atoms with Crippen molar-refractivity contribution in [3.05, 3.63) is 53.8 Å². The minimum atomic E-state index is -0.115. The molecule has 0 aliphatic carbocycles. The molecule has 1 saturated heterocycles. The molecule has 3 heterocycles. The predicted molar refractivity (Wildman–Crippen MR) is 113 cm³/mol. The number of benzene rings is 1. The Kier molecular flexibility index (Phi) is 5.71. The molecule has 0 N–H and O–H groups in total. The van der Waals surface area contributed by atoms with Gasteiger partial charge in [-0.05, 0) is 12.8 Å². The maximum Gasteiger partial charge on any atom is 0.273 e. The highest BCUT2D eigenvalue weighted by molar-refractivity contribution is 7.13. The second-order valence-corrected chi connectivity index (χ2v) is 7.97. The molecule has 7 nitrogen and oxygen atoms in total. The van der Waals surface area contributed by atoms with Gasteiger partial charge in [0.15, 0.2) is 5.82 Å². The number of nitrogens with zero attached hydrogens (tertiary/aromatic N) is 5. The number of hydrogen-bond acceptors (Lipinski definition) is 7. The van der Waals surface area contributed by atoms with Gasteiger partial charge in [-0.3, -0.25) is 4.79 Å². The number of thiazole rings is 1. The van der Waals surface area contributed by atoms with Crippen molar-refractivity contribution in [1.82, 2.24) is 19.9 Å². The van der Waals surface area contributed by atoms with E-state index < -0.39 is 0 Å². The van der Waals surface area contributed by atoms with Crippen LogP contribution in [0.15, 0.2) is 48.1 Å². The molecule has 2 aromatic heterocycles. The summed E-state index contributed by atoms with van der Waals surface area (Å²) in [7, 11) is 3.81. The first kappa shape index (κ1) is 19.3. The molecule has 1 unspecified atom stereocenters. The number of piperidine rings is 1. The van der Waals surface area contributed by atoms with E-state index in [9.17, 15) is 4.79 Å². The minimum Gasteiger partial charge on any atom is -0.470 e. The van der Waals surface area contributed by atoms with E-state index in [1.54, 1.807) is 12.4 Å². The van der Waals surface area contributed by atoms with Crippen molar-refractivity contribution in [2.45, 2.75) is 18.9 Å². The zero-order valence-corrected chi connectivity index (χ0v) is 17.3. The molecule has 4 rings (SSSR count). The molecule has 1 amide bonds. The third kappa shape index (κ3) is 4.37. The van der Waals surface area contributed by atoms with Gasteiger partial charge < -0.3 is 14.5 Å². The van der Waals surface area contributed by atoms with E-state index in [1.807, 2.05) is 59.6 Å². The number of hydrogen-bond donors (Lipinski definition) is 0. The fourth-order valence-corrected chi connectivity index (χ4v) is 4.13. The number of carbonyl (C=O) groups excluding carboxylic acids is 1. The van der Waals surface area contributed by atoms with Gasteiger partial charge >= 0.3 is 0 Å². The van der Waals surface area contributed by atoms with Crippen molar-refractivity contribution in [3.63, 3.8) is 0 Å². The number of likely N-dealkylation sites (tertiary alicyclic amines) is 1. The normalized spacial score (nSPS) is 16.5. The number of aromatic nitrogens is 3. The number of carbonyl (C=O) groups is 1. The summed E-state index contributed by atoms with van der Waals surface area (Å²) in [4.78, 5) is 29.9. The van der Waals surface area contributed by atoms with Gasteiger partial charge in [-0.15, -0.1) is 11.3 Å². The molecule has 0 bridgehead atoms. The number of rotatable bonds is 5. The number of ether oxygens (including phenoxy) is 1. The summed E-state index contributed by atoms with van der Waals surface area (Å²) in [6.45, 7) is 1.22. The second-order valence-electron chi connectivity index (χ2n) is 7.12. The Labute approximate surface area is 174 Å². The third-order valence-corrected chi connectivity index (χ3v) is 5.65. The highest BCUT2D eigenvalue weighted by Gasteiger charge is 2.28. The van der Waals surface area contributed by atoms with Crippen molar-refractivity contribution < 1.29 is 9.53 Å². The van der Waals surface area contributed by atoms with Gasteiger partial charge in [-0.2, -0.15) is 0 Å². The van der Waals surface area contributed by atoms with Crippen molar-refractivity contribution in [2.75, 3.05) is 32.1 Å². The highest BCUT2D eigenvalue weighted by Crippen LogP contribution is 2.26. The fourth-order valence-electron chi connectivity index (χ4n) is 3.33. The van der Waals surface area contributed by atoms with Crippen molar-refractivity contribution in [2.24, 2.45) is 0 Å². The lowest BCUT2D eigenvalue weighted by molar-refractivity contribution is 0.0524. The largest absolute Gasteiger partial charge is 0.470 e. The summed E-state index contributed by atoms with van der Waals surface area (Å²) in [5, 5.41) is 2.69. The molecule has 1 aromatic carbocycles. The summed E-state index contributed by atoms with van der Waals surface area (Å²) in [6.07, 6.45) is 4.90. The van der Waals surface area contributed by atoms with E-state index >= 15 is 0 Å². The van der Waals surface area contributed by atoms with Gasteiger partial charge in [0.1, 0.15) is 16.8 Å². The smallest absolute Gasteiger partial charge is 0.273 e. The molecule has 150 valence electrons. The molecule has 8 heteroatoms. The minimum absolute atomic E-state index is 0.0521. The first-order valence-corrected chi connectivity index (χ1v) is 10.4. The zero-order chi connectivity index (χ0) is 20.2. The van der Waals surface area contributed by atoms with Crippen LogP contribution in [0.4, 0.5) is 5.82 Å². The van der Waals surface area contributed by atoms with Gasteiger partial charge in [0.05, 0.1) is 6.54 Å². The van der Waals surface area contributed by atoms with Crippen LogP contribution in [-0.2, 0) is 0 Å².